The number of H-pyrrole nitrogens is 1. The van der Waals surface area contributed by atoms with Gasteiger partial charge in [-0.25, -0.2) is 4.98 Å². The van der Waals surface area contributed by atoms with Crippen LogP contribution < -0.4 is 0 Å². The van der Waals surface area contributed by atoms with E-state index < -0.39 is 5.54 Å². The fourth-order valence-corrected chi connectivity index (χ4v) is 4.88. The van der Waals surface area contributed by atoms with E-state index in [2.05, 4.69) is 20.0 Å². The van der Waals surface area contributed by atoms with Crippen LogP contribution in [0, 0.1) is 12.8 Å². The first kappa shape index (κ1) is 17.5. The van der Waals surface area contributed by atoms with Crippen LogP contribution in [0.5, 0.6) is 0 Å². The summed E-state index contributed by atoms with van der Waals surface area (Å²) in [5, 5.41) is 3.82. The van der Waals surface area contributed by atoms with Gasteiger partial charge in [0.2, 0.25) is 11.7 Å². The summed E-state index contributed by atoms with van der Waals surface area (Å²) in [5.74, 6) is 0.574. The van der Waals surface area contributed by atoms with Crippen LogP contribution in [0.3, 0.4) is 0 Å². The van der Waals surface area contributed by atoms with E-state index in [1.54, 1.807) is 24.2 Å². The molecule has 1 N–H and O–H groups in total. The second kappa shape index (κ2) is 6.46. The number of piperidine rings is 1. The number of amides is 2. The summed E-state index contributed by atoms with van der Waals surface area (Å²) in [6, 6.07) is 1.67. The first-order valence-electron chi connectivity index (χ1n) is 10.2. The molecule has 0 bridgehead atoms. The van der Waals surface area contributed by atoms with Gasteiger partial charge in [-0.15, -0.1) is 0 Å². The molecule has 0 atom stereocenters. The van der Waals surface area contributed by atoms with Gasteiger partial charge in [-0.2, -0.15) is 0 Å². The molecule has 8 heteroatoms. The minimum Gasteiger partial charge on any atom is -0.351 e. The Labute approximate surface area is 163 Å². The van der Waals surface area contributed by atoms with E-state index in [4.69, 9.17) is 4.52 Å². The fourth-order valence-electron chi connectivity index (χ4n) is 4.88. The summed E-state index contributed by atoms with van der Waals surface area (Å²) in [4.78, 5) is 37.7. The van der Waals surface area contributed by atoms with Crippen molar-refractivity contribution in [2.75, 3.05) is 19.6 Å². The molecule has 8 nitrogen and oxygen atoms in total. The van der Waals surface area contributed by atoms with E-state index in [1.165, 1.54) is 0 Å². The van der Waals surface area contributed by atoms with Crippen molar-refractivity contribution < 1.29 is 14.1 Å². The van der Waals surface area contributed by atoms with Gasteiger partial charge in [-0.05, 0) is 32.6 Å². The second-order valence-corrected chi connectivity index (χ2v) is 8.25. The molecule has 2 aromatic rings. The molecule has 0 unspecified atom stereocenters. The van der Waals surface area contributed by atoms with Crippen LogP contribution >= 0.6 is 0 Å². The quantitative estimate of drug-likeness (QED) is 0.856. The predicted molar refractivity (Wildman–Crippen MR) is 99.4 cm³/mol. The van der Waals surface area contributed by atoms with Crippen molar-refractivity contribution in [3.8, 4) is 0 Å². The number of hydrogen-bond donors (Lipinski definition) is 1. The zero-order chi connectivity index (χ0) is 19.3. The Morgan fingerprint density at radius 1 is 1.25 bits per heavy atom. The van der Waals surface area contributed by atoms with E-state index >= 15 is 0 Å². The van der Waals surface area contributed by atoms with Gasteiger partial charge in [0.1, 0.15) is 0 Å². The maximum Gasteiger partial charge on any atom is 0.292 e. The zero-order valence-electron chi connectivity index (χ0n) is 16.1. The Balaban J connectivity index is 1.41. The van der Waals surface area contributed by atoms with Crippen molar-refractivity contribution in [2.45, 2.75) is 51.0 Å². The highest BCUT2D eigenvalue weighted by Crippen LogP contribution is 2.44. The van der Waals surface area contributed by atoms with Crippen molar-refractivity contribution in [3.63, 3.8) is 0 Å². The van der Waals surface area contributed by atoms with Crippen LogP contribution in [0.2, 0.25) is 0 Å². The van der Waals surface area contributed by atoms with Gasteiger partial charge in [-0.3, -0.25) is 9.59 Å². The number of fused-ring (bicyclic) bond motifs is 2. The third kappa shape index (κ3) is 2.57. The standard InChI is InChI=1S/C20H25N5O3/c1-13-11-16(28-23-13)19(27)24-9-6-20(7-10-24)17-15(21-12-22-17)5-8-25(20)18(26)14-3-2-4-14/h11-12,14H,2-10H2,1H3,(H,21,22). The van der Waals surface area contributed by atoms with E-state index in [1.807, 2.05) is 0 Å². The highest BCUT2D eigenvalue weighted by molar-refractivity contribution is 5.91. The largest absolute Gasteiger partial charge is 0.351 e. The highest BCUT2D eigenvalue weighted by Gasteiger charge is 2.50. The molecule has 1 saturated carbocycles. The molecule has 2 aromatic heterocycles. The van der Waals surface area contributed by atoms with Crippen LogP contribution in [-0.4, -0.2) is 56.4 Å². The van der Waals surface area contributed by atoms with Crippen molar-refractivity contribution in [1.29, 1.82) is 0 Å². The molecule has 148 valence electrons. The summed E-state index contributed by atoms with van der Waals surface area (Å²) in [7, 11) is 0. The first-order chi connectivity index (χ1) is 13.6. The molecule has 2 fully saturated rings. The summed E-state index contributed by atoms with van der Waals surface area (Å²) in [6.45, 7) is 3.66. The molecule has 4 heterocycles. The molecule has 1 saturated heterocycles. The summed E-state index contributed by atoms with van der Waals surface area (Å²) in [6.07, 6.45) is 7.07. The Morgan fingerprint density at radius 3 is 2.68 bits per heavy atom. The highest BCUT2D eigenvalue weighted by atomic mass is 16.5. The van der Waals surface area contributed by atoms with E-state index in [9.17, 15) is 9.59 Å². The Morgan fingerprint density at radius 2 is 2.04 bits per heavy atom. The van der Waals surface area contributed by atoms with Gasteiger partial charge in [0.05, 0.1) is 23.3 Å². The zero-order valence-corrected chi connectivity index (χ0v) is 16.1. The number of nitrogens with one attached hydrogen (secondary N) is 1. The molecule has 1 aliphatic carbocycles. The lowest BCUT2D eigenvalue weighted by molar-refractivity contribution is -0.148. The topological polar surface area (TPSA) is 95.3 Å². The molecular weight excluding hydrogens is 358 g/mol. The van der Waals surface area contributed by atoms with Gasteiger partial charge in [-0.1, -0.05) is 11.6 Å². The normalized spacial score (nSPS) is 21.5. The first-order valence-corrected chi connectivity index (χ1v) is 10.2. The molecular formula is C20H25N5O3. The number of carbonyl (C=O) groups excluding carboxylic acids is 2. The van der Waals surface area contributed by atoms with Crippen LogP contribution in [0.15, 0.2) is 16.9 Å². The molecule has 2 amide bonds. The lowest BCUT2D eigenvalue weighted by atomic mass is 9.76. The van der Waals surface area contributed by atoms with Crippen molar-refractivity contribution >= 4 is 11.8 Å². The summed E-state index contributed by atoms with van der Waals surface area (Å²) < 4.78 is 5.15. The number of likely N-dealkylation sites (tertiary alicyclic amines) is 1. The minimum atomic E-state index is -0.408. The predicted octanol–water partition coefficient (Wildman–Crippen LogP) is 2.02. The lowest BCUT2D eigenvalue weighted by Gasteiger charge is -2.51. The lowest BCUT2D eigenvalue weighted by Crippen LogP contribution is -2.60. The average molecular weight is 383 g/mol. The Hall–Kier alpha value is -2.64. The number of nitrogens with zero attached hydrogens (tertiary/aromatic N) is 4. The second-order valence-electron chi connectivity index (χ2n) is 8.25. The Bertz CT molecular complexity index is 905. The number of hydrogen-bond acceptors (Lipinski definition) is 5. The Kier molecular flexibility index (Phi) is 4.03. The number of aromatic nitrogens is 3. The van der Waals surface area contributed by atoms with Gasteiger partial charge in [0.25, 0.3) is 5.91 Å². The van der Waals surface area contributed by atoms with Crippen LogP contribution in [0.4, 0.5) is 0 Å². The fraction of sp³-hybridized carbons (Fsp3) is 0.600. The summed E-state index contributed by atoms with van der Waals surface area (Å²) >= 11 is 0. The van der Waals surface area contributed by atoms with Gasteiger partial charge >= 0.3 is 0 Å². The van der Waals surface area contributed by atoms with Gasteiger partial charge in [0, 0.05) is 43.7 Å². The number of carbonyl (C=O) groups is 2. The van der Waals surface area contributed by atoms with Crippen molar-refractivity contribution in [2.24, 2.45) is 5.92 Å². The third-order valence-electron chi connectivity index (χ3n) is 6.70. The maximum atomic E-state index is 13.2. The molecule has 0 radical (unpaired) electrons. The SMILES string of the molecule is Cc1cc(C(=O)N2CCC3(CC2)c2nc[nH]c2CCN3C(=O)C2CCC2)on1. The average Bonchev–Trinajstić information content (AvgIpc) is 3.30. The van der Waals surface area contributed by atoms with Crippen LogP contribution in [0.25, 0.3) is 0 Å². The molecule has 2 aliphatic heterocycles. The van der Waals surface area contributed by atoms with Crippen molar-refractivity contribution in [3.05, 3.63) is 35.2 Å². The van der Waals surface area contributed by atoms with Crippen LogP contribution in [0.1, 0.15) is 59.7 Å². The third-order valence-corrected chi connectivity index (χ3v) is 6.70. The van der Waals surface area contributed by atoms with E-state index in [0.717, 1.165) is 43.6 Å². The molecule has 1 spiro atoms. The molecule has 28 heavy (non-hydrogen) atoms. The van der Waals surface area contributed by atoms with Crippen molar-refractivity contribution in [1.82, 2.24) is 24.9 Å². The smallest absolute Gasteiger partial charge is 0.292 e. The molecule has 3 aliphatic rings. The monoisotopic (exact) mass is 383 g/mol. The number of rotatable bonds is 2. The summed E-state index contributed by atoms with van der Waals surface area (Å²) in [5.41, 5.74) is 2.41. The number of aromatic amines is 1. The van der Waals surface area contributed by atoms with Crippen LogP contribution in [-0.2, 0) is 16.8 Å². The minimum absolute atomic E-state index is 0.134. The molecule has 0 aromatic carbocycles. The van der Waals surface area contributed by atoms with E-state index in [-0.39, 0.29) is 23.5 Å². The van der Waals surface area contributed by atoms with Gasteiger partial charge in [0.15, 0.2) is 0 Å². The van der Waals surface area contributed by atoms with E-state index in [0.29, 0.717) is 31.6 Å². The molecule has 5 rings (SSSR count). The van der Waals surface area contributed by atoms with Gasteiger partial charge < -0.3 is 19.3 Å². The number of imidazole rings is 1. The maximum absolute atomic E-state index is 13.2. The number of aryl methyl sites for hydroxylation is 1.